The molecular formula is C14H18N2O2. The summed E-state index contributed by atoms with van der Waals surface area (Å²) in [6.07, 6.45) is 7.18. The van der Waals surface area contributed by atoms with Crippen LogP contribution >= 0.6 is 0 Å². The third kappa shape index (κ3) is 3.58. The quantitative estimate of drug-likeness (QED) is 0.633. The Labute approximate surface area is 107 Å². The highest BCUT2D eigenvalue weighted by Gasteiger charge is 2.05. The number of aromatic carboxylic acids is 1. The van der Waals surface area contributed by atoms with Crippen LogP contribution in [0.25, 0.3) is 0 Å². The summed E-state index contributed by atoms with van der Waals surface area (Å²) in [4.78, 5) is 10.7. The Hall–Kier alpha value is -1.84. The summed E-state index contributed by atoms with van der Waals surface area (Å²) < 4.78 is 0. The highest BCUT2D eigenvalue weighted by molar-refractivity contribution is 5.88. The molecule has 0 unspecified atom stereocenters. The van der Waals surface area contributed by atoms with Crippen molar-refractivity contribution in [1.82, 2.24) is 0 Å². The molecule has 0 bridgehead atoms. The molecule has 0 heterocycles. The first kappa shape index (κ1) is 12.6. The number of hydrazone groups is 1. The molecule has 0 aromatic heterocycles. The highest BCUT2D eigenvalue weighted by atomic mass is 16.4. The van der Waals surface area contributed by atoms with Gasteiger partial charge in [-0.05, 0) is 49.9 Å². The van der Waals surface area contributed by atoms with Gasteiger partial charge in [0.25, 0.3) is 0 Å². The highest BCUT2D eigenvalue weighted by Crippen LogP contribution is 2.16. The number of carboxylic acid groups (broad SMARTS) is 1. The smallest absolute Gasteiger partial charge is 0.335 e. The lowest BCUT2D eigenvalue weighted by atomic mass is 10.2. The van der Waals surface area contributed by atoms with E-state index in [1.54, 1.807) is 24.3 Å². The summed E-state index contributed by atoms with van der Waals surface area (Å²) in [6, 6.07) is 6.64. The number of benzene rings is 1. The number of carbonyl (C=O) groups is 1. The standard InChI is InChI=1S/C14H18N2O2/c17-14(18)11-7-9-13(10-8-11)16-15-12-5-3-1-2-4-6-12/h7-10,16H,1-6H2,(H,17,18). The van der Waals surface area contributed by atoms with Crippen molar-refractivity contribution in [2.75, 3.05) is 5.43 Å². The minimum Gasteiger partial charge on any atom is -0.478 e. The van der Waals surface area contributed by atoms with Crippen molar-refractivity contribution >= 4 is 17.4 Å². The third-order valence-corrected chi connectivity index (χ3v) is 3.16. The van der Waals surface area contributed by atoms with Gasteiger partial charge >= 0.3 is 5.97 Å². The van der Waals surface area contributed by atoms with E-state index in [4.69, 9.17) is 5.11 Å². The average Bonchev–Trinajstić information content (AvgIpc) is 2.65. The van der Waals surface area contributed by atoms with Crippen LogP contribution in [0, 0.1) is 0 Å². The van der Waals surface area contributed by atoms with Crippen molar-refractivity contribution in [3.63, 3.8) is 0 Å². The Morgan fingerprint density at radius 2 is 1.67 bits per heavy atom. The number of nitrogens with zero attached hydrogens (tertiary/aromatic N) is 1. The molecule has 1 aromatic rings. The fourth-order valence-electron chi connectivity index (χ4n) is 2.08. The first-order chi connectivity index (χ1) is 8.75. The van der Waals surface area contributed by atoms with Crippen molar-refractivity contribution in [2.45, 2.75) is 38.5 Å². The maximum absolute atomic E-state index is 10.7. The first-order valence-corrected chi connectivity index (χ1v) is 6.40. The molecule has 0 saturated heterocycles. The van der Waals surface area contributed by atoms with Crippen molar-refractivity contribution in [1.29, 1.82) is 0 Å². The second-order valence-electron chi connectivity index (χ2n) is 4.59. The second kappa shape index (κ2) is 6.19. The molecule has 0 atom stereocenters. The molecule has 4 heteroatoms. The monoisotopic (exact) mass is 246 g/mol. The molecule has 2 rings (SSSR count). The van der Waals surface area contributed by atoms with Crippen molar-refractivity contribution < 1.29 is 9.90 Å². The van der Waals surface area contributed by atoms with E-state index in [1.807, 2.05) is 0 Å². The zero-order chi connectivity index (χ0) is 12.8. The molecule has 1 aliphatic rings. The van der Waals surface area contributed by atoms with Crippen LogP contribution in [-0.4, -0.2) is 16.8 Å². The Balaban J connectivity index is 1.96. The zero-order valence-corrected chi connectivity index (χ0v) is 10.4. The minimum atomic E-state index is -0.906. The van der Waals surface area contributed by atoms with Crippen molar-refractivity contribution in [2.24, 2.45) is 5.10 Å². The van der Waals surface area contributed by atoms with Crippen LogP contribution in [0.15, 0.2) is 29.4 Å². The van der Waals surface area contributed by atoms with E-state index < -0.39 is 5.97 Å². The molecule has 96 valence electrons. The van der Waals surface area contributed by atoms with E-state index in [2.05, 4.69) is 10.5 Å². The van der Waals surface area contributed by atoms with Gasteiger partial charge in [0.2, 0.25) is 0 Å². The molecule has 18 heavy (non-hydrogen) atoms. The Kier molecular flexibility index (Phi) is 4.34. The van der Waals surface area contributed by atoms with Gasteiger partial charge in [-0.1, -0.05) is 12.8 Å². The summed E-state index contributed by atoms with van der Waals surface area (Å²) in [5.74, 6) is -0.906. The van der Waals surface area contributed by atoms with Crippen molar-refractivity contribution in [3.05, 3.63) is 29.8 Å². The average molecular weight is 246 g/mol. The Bertz CT molecular complexity index is 428. The molecule has 1 aromatic carbocycles. The molecule has 0 amide bonds. The van der Waals surface area contributed by atoms with E-state index in [0.717, 1.165) is 18.5 Å². The van der Waals surface area contributed by atoms with Gasteiger partial charge in [-0.15, -0.1) is 0 Å². The predicted octanol–water partition coefficient (Wildman–Crippen LogP) is 3.51. The Morgan fingerprint density at radius 1 is 1.06 bits per heavy atom. The van der Waals surface area contributed by atoms with Crippen molar-refractivity contribution in [3.8, 4) is 0 Å². The number of hydrogen-bond donors (Lipinski definition) is 2. The number of hydrogen-bond acceptors (Lipinski definition) is 3. The Morgan fingerprint density at radius 3 is 2.22 bits per heavy atom. The summed E-state index contributed by atoms with van der Waals surface area (Å²) in [5.41, 5.74) is 5.35. The molecule has 1 aliphatic carbocycles. The van der Waals surface area contributed by atoms with Gasteiger partial charge in [-0.2, -0.15) is 5.10 Å². The molecule has 0 spiro atoms. The lowest BCUT2D eigenvalue weighted by Gasteiger charge is -2.04. The predicted molar refractivity (Wildman–Crippen MR) is 72.2 cm³/mol. The molecule has 4 nitrogen and oxygen atoms in total. The SMILES string of the molecule is O=C(O)c1ccc(NN=C2CCCCCC2)cc1. The maximum atomic E-state index is 10.7. The number of nitrogens with one attached hydrogen (secondary N) is 1. The van der Waals surface area contributed by atoms with Gasteiger partial charge < -0.3 is 5.11 Å². The zero-order valence-electron chi connectivity index (χ0n) is 10.4. The second-order valence-corrected chi connectivity index (χ2v) is 4.59. The van der Waals surface area contributed by atoms with Crippen LogP contribution < -0.4 is 5.43 Å². The number of rotatable bonds is 3. The maximum Gasteiger partial charge on any atom is 0.335 e. The summed E-state index contributed by atoms with van der Waals surface area (Å²) in [7, 11) is 0. The topological polar surface area (TPSA) is 61.7 Å². The van der Waals surface area contributed by atoms with Crippen LogP contribution in [0.5, 0.6) is 0 Å². The summed E-state index contributed by atoms with van der Waals surface area (Å²) in [6.45, 7) is 0. The van der Waals surface area contributed by atoms with Crippen LogP contribution in [-0.2, 0) is 0 Å². The van der Waals surface area contributed by atoms with Crippen LogP contribution in [0.1, 0.15) is 48.9 Å². The normalized spacial score (nSPS) is 15.9. The van der Waals surface area contributed by atoms with Gasteiger partial charge in [0.1, 0.15) is 0 Å². The fourth-order valence-corrected chi connectivity index (χ4v) is 2.08. The lowest BCUT2D eigenvalue weighted by Crippen LogP contribution is -2.01. The molecule has 1 saturated carbocycles. The number of anilines is 1. The molecule has 1 fully saturated rings. The molecule has 0 radical (unpaired) electrons. The van der Waals surface area contributed by atoms with Gasteiger partial charge in [-0.3, -0.25) is 5.43 Å². The molecular weight excluding hydrogens is 228 g/mol. The van der Waals surface area contributed by atoms with Crippen LogP contribution in [0.3, 0.4) is 0 Å². The fraction of sp³-hybridized carbons (Fsp3) is 0.429. The summed E-state index contributed by atoms with van der Waals surface area (Å²) in [5, 5.41) is 13.2. The van der Waals surface area contributed by atoms with Gasteiger partial charge in [0.05, 0.1) is 11.3 Å². The van der Waals surface area contributed by atoms with E-state index in [1.165, 1.54) is 31.4 Å². The first-order valence-electron chi connectivity index (χ1n) is 6.40. The minimum absolute atomic E-state index is 0.294. The lowest BCUT2D eigenvalue weighted by molar-refractivity contribution is 0.0697. The van der Waals surface area contributed by atoms with Gasteiger partial charge in [0.15, 0.2) is 0 Å². The van der Waals surface area contributed by atoms with Crippen LogP contribution in [0.4, 0.5) is 5.69 Å². The van der Waals surface area contributed by atoms with E-state index in [0.29, 0.717) is 5.56 Å². The molecule has 2 N–H and O–H groups in total. The van der Waals surface area contributed by atoms with Gasteiger partial charge in [-0.25, -0.2) is 4.79 Å². The van der Waals surface area contributed by atoms with E-state index in [9.17, 15) is 4.79 Å². The van der Waals surface area contributed by atoms with Crippen LogP contribution in [0.2, 0.25) is 0 Å². The third-order valence-electron chi connectivity index (χ3n) is 3.16. The van der Waals surface area contributed by atoms with E-state index in [-0.39, 0.29) is 0 Å². The van der Waals surface area contributed by atoms with E-state index >= 15 is 0 Å². The number of carboxylic acids is 1. The van der Waals surface area contributed by atoms with Gasteiger partial charge in [0, 0.05) is 5.71 Å². The summed E-state index contributed by atoms with van der Waals surface area (Å²) >= 11 is 0. The molecule has 0 aliphatic heterocycles. The largest absolute Gasteiger partial charge is 0.478 e.